The number of imide groups is 1. The Kier molecular flexibility index (Phi) is 4.20. The first-order valence-electron chi connectivity index (χ1n) is 9.15. The molecule has 4 heteroatoms. The van der Waals surface area contributed by atoms with Gasteiger partial charge in [0.25, 0.3) is 0 Å². The molecular weight excluding hydrogens is 314 g/mol. The molecule has 1 spiro atoms. The first-order valence-corrected chi connectivity index (χ1v) is 9.15. The summed E-state index contributed by atoms with van der Waals surface area (Å²) in [6.07, 6.45) is 4.96. The third-order valence-electron chi connectivity index (χ3n) is 5.58. The van der Waals surface area contributed by atoms with Crippen molar-refractivity contribution >= 4 is 22.6 Å². The molecule has 1 heterocycles. The predicted octanol–water partition coefficient (Wildman–Crippen LogP) is 3.93. The van der Waals surface area contributed by atoms with E-state index in [1.807, 2.05) is 30.3 Å². The molecule has 0 bridgehead atoms. The van der Waals surface area contributed by atoms with Crippen LogP contribution in [0.2, 0.25) is 0 Å². The number of hydrogen-bond donors (Lipinski definition) is 0. The van der Waals surface area contributed by atoms with Gasteiger partial charge in [-0.05, 0) is 30.7 Å². The zero-order valence-electron chi connectivity index (χ0n) is 14.4. The fraction of sp³-hybridized carbons (Fsp3) is 0.429. The Morgan fingerprint density at radius 3 is 2.60 bits per heavy atom. The van der Waals surface area contributed by atoms with E-state index in [0.717, 1.165) is 42.2 Å². The highest BCUT2D eigenvalue weighted by Gasteiger charge is 2.52. The average molecular weight is 337 g/mol. The van der Waals surface area contributed by atoms with Gasteiger partial charge in [0.05, 0.1) is 12.0 Å². The van der Waals surface area contributed by atoms with Crippen molar-refractivity contribution in [3.63, 3.8) is 0 Å². The molecule has 0 aromatic heterocycles. The van der Waals surface area contributed by atoms with E-state index in [1.165, 1.54) is 4.90 Å². The number of nitrogens with zero attached hydrogens (tertiary/aromatic N) is 1. The van der Waals surface area contributed by atoms with Crippen molar-refractivity contribution < 1.29 is 14.3 Å². The van der Waals surface area contributed by atoms with E-state index in [4.69, 9.17) is 4.74 Å². The van der Waals surface area contributed by atoms with Crippen molar-refractivity contribution in [3.8, 4) is 5.75 Å². The van der Waals surface area contributed by atoms with Crippen molar-refractivity contribution in [2.24, 2.45) is 5.41 Å². The smallest absolute Gasteiger partial charge is 0.235 e. The number of carbonyl (C=O) groups excluding carboxylic acids is 2. The van der Waals surface area contributed by atoms with E-state index in [-0.39, 0.29) is 17.2 Å². The van der Waals surface area contributed by atoms with Gasteiger partial charge in [0.2, 0.25) is 11.8 Å². The fourth-order valence-electron chi connectivity index (χ4n) is 4.26. The molecule has 1 saturated heterocycles. The standard InChI is InChI=1S/C21H23NO3/c23-19-15-21(11-3-4-12-21)20(24)22(19)13-6-14-25-18-10-5-8-16-7-1-2-9-17(16)18/h1-2,5,7-10H,3-4,6,11-15H2. The van der Waals surface area contributed by atoms with Crippen LogP contribution in [-0.4, -0.2) is 29.9 Å². The largest absolute Gasteiger partial charge is 0.493 e. The summed E-state index contributed by atoms with van der Waals surface area (Å²) in [4.78, 5) is 26.4. The molecule has 25 heavy (non-hydrogen) atoms. The topological polar surface area (TPSA) is 46.6 Å². The van der Waals surface area contributed by atoms with Crippen LogP contribution in [0.1, 0.15) is 38.5 Å². The van der Waals surface area contributed by atoms with Crippen molar-refractivity contribution in [1.82, 2.24) is 4.90 Å². The van der Waals surface area contributed by atoms with Crippen LogP contribution in [-0.2, 0) is 9.59 Å². The van der Waals surface area contributed by atoms with E-state index in [1.54, 1.807) is 0 Å². The number of ether oxygens (including phenoxy) is 1. The summed E-state index contributed by atoms with van der Waals surface area (Å²) in [5.74, 6) is 0.904. The quantitative estimate of drug-likeness (QED) is 0.613. The Morgan fingerprint density at radius 1 is 1.00 bits per heavy atom. The molecule has 0 unspecified atom stereocenters. The van der Waals surface area contributed by atoms with Crippen LogP contribution in [0, 0.1) is 5.41 Å². The van der Waals surface area contributed by atoms with Crippen LogP contribution in [0.25, 0.3) is 10.8 Å². The molecule has 2 aromatic carbocycles. The summed E-state index contributed by atoms with van der Waals surface area (Å²) in [6, 6.07) is 14.1. The van der Waals surface area contributed by atoms with Gasteiger partial charge in [0, 0.05) is 18.4 Å². The highest BCUT2D eigenvalue weighted by Crippen LogP contribution is 2.46. The molecule has 130 valence electrons. The van der Waals surface area contributed by atoms with Crippen LogP contribution < -0.4 is 4.74 Å². The monoisotopic (exact) mass is 337 g/mol. The third-order valence-corrected chi connectivity index (χ3v) is 5.58. The van der Waals surface area contributed by atoms with Crippen LogP contribution in [0.5, 0.6) is 5.75 Å². The maximum Gasteiger partial charge on any atom is 0.235 e. The second-order valence-electron chi connectivity index (χ2n) is 7.19. The van der Waals surface area contributed by atoms with Gasteiger partial charge >= 0.3 is 0 Å². The lowest BCUT2D eigenvalue weighted by molar-refractivity contribution is -0.141. The number of amides is 2. The van der Waals surface area contributed by atoms with Gasteiger partial charge in [-0.1, -0.05) is 49.2 Å². The molecule has 2 fully saturated rings. The summed E-state index contributed by atoms with van der Waals surface area (Å²) < 4.78 is 5.92. The number of likely N-dealkylation sites (tertiary alicyclic amines) is 1. The second kappa shape index (κ2) is 6.51. The van der Waals surface area contributed by atoms with Gasteiger partial charge in [-0.15, -0.1) is 0 Å². The lowest BCUT2D eigenvalue weighted by Gasteiger charge is -2.21. The van der Waals surface area contributed by atoms with Crippen molar-refractivity contribution in [2.45, 2.75) is 38.5 Å². The Labute approximate surface area is 147 Å². The molecular formula is C21H23NO3. The first-order chi connectivity index (χ1) is 12.2. The van der Waals surface area contributed by atoms with Crippen molar-refractivity contribution in [3.05, 3.63) is 42.5 Å². The minimum Gasteiger partial charge on any atom is -0.493 e. The first kappa shape index (κ1) is 16.1. The molecule has 2 amide bonds. The Balaban J connectivity index is 1.35. The molecule has 4 nitrogen and oxygen atoms in total. The van der Waals surface area contributed by atoms with Gasteiger partial charge in [0.1, 0.15) is 5.75 Å². The summed E-state index contributed by atoms with van der Waals surface area (Å²) in [6.45, 7) is 0.961. The maximum atomic E-state index is 12.6. The van der Waals surface area contributed by atoms with E-state index in [2.05, 4.69) is 12.1 Å². The Hall–Kier alpha value is -2.36. The SMILES string of the molecule is O=C1CC2(CCCC2)C(=O)N1CCCOc1cccc2ccccc12. The molecule has 2 aliphatic rings. The van der Waals surface area contributed by atoms with Crippen LogP contribution in [0.15, 0.2) is 42.5 Å². The fourth-order valence-corrected chi connectivity index (χ4v) is 4.26. The molecule has 0 radical (unpaired) electrons. The molecule has 0 N–H and O–H groups in total. The van der Waals surface area contributed by atoms with Crippen LogP contribution >= 0.6 is 0 Å². The third kappa shape index (κ3) is 2.90. The van der Waals surface area contributed by atoms with Gasteiger partial charge in [0.15, 0.2) is 0 Å². The molecule has 1 saturated carbocycles. The van der Waals surface area contributed by atoms with Crippen molar-refractivity contribution in [1.29, 1.82) is 0 Å². The maximum absolute atomic E-state index is 12.6. The minimum absolute atomic E-state index is 0.00272. The minimum atomic E-state index is -0.367. The molecule has 4 rings (SSSR count). The molecule has 0 atom stereocenters. The lowest BCUT2D eigenvalue weighted by Crippen LogP contribution is -2.35. The summed E-state index contributed by atoms with van der Waals surface area (Å²) in [7, 11) is 0. The lowest BCUT2D eigenvalue weighted by atomic mass is 9.84. The van der Waals surface area contributed by atoms with E-state index < -0.39 is 0 Å². The van der Waals surface area contributed by atoms with Gasteiger partial charge in [-0.2, -0.15) is 0 Å². The Bertz CT molecular complexity index is 802. The highest BCUT2D eigenvalue weighted by molar-refractivity contribution is 6.06. The van der Waals surface area contributed by atoms with E-state index in [0.29, 0.717) is 26.0 Å². The number of benzene rings is 2. The number of carbonyl (C=O) groups is 2. The van der Waals surface area contributed by atoms with Crippen molar-refractivity contribution in [2.75, 3.05) is 13.2 Å². The summed E-state index contributed by atoms with van der Waals surface area (Å²) in [5, 5.41) is 2.23. The Morgan fingerprint density at radius 2 is 1.76 bits per heavy atom. The average Bonchev–Trinajstić information content (AvgIpc) is 3.19. The van der Waals surface area contributed by atoms with Gasteiger partial charge < -0.3 is 4.74 Å². The summed E-state index contributed by atoms with van der Waals surface area (Å²) in [5.41, 5.74) is -0.367. The highest BCUT2D eigenvalue weighted by atomic mass is 16.5. The zero-order chi connectivity index (χ0) is 17.3. The second-order valence-corrected chi connectivity index (χ2v) is 7.19. The van der Waals surface area contributed by atoms with Gasteiger partial charge in [-0.25, -0.2) is 0 Å². The van der Waals surface area contributed by atoms with E-state index >= 15 is 0 Å². The predicted molar refractivity (Wildman–Crippen MR) is 96.3 cm³/mol. The number of rotatable bonds is 5. The molecule has 1 aliphatic carbocycles. The number of hydrogen-bond acceptors (Lipinski definition) is 3. The zero-order valence-corrected chi connectivity index (χ0v) is 14.4. The summed E-state index contributed by atoms with van der Waals surface area (Å²) >= 11 is 0. The molecule has 2 aromatic rings. The van der Waals surface area contributed by atoms with E-state index in [9.17, 15) is 9.59 Å². The molecule has 1 aliphatic heterocycles. The number of fused-ring (bicyclic) bond motifs is 1. The van der Waals surface area contributed by atoms with Gasteiger partial charge in [-0.3, -0.25) is 14.5 Å². The van der Waals surface area contributed by atoms with Crippen LogP contribution in [0.3, 0.4) is 0 Å². The van der Waals surface area contributed by atoms with Crippen LogP contribution in [0.4, 0.5) is 0 Å². The normalized spacial score (nSPS) is 19.3.